The Bertz CT molecular complexity index is 1770. The number of nitrogens with zero attached hydrogens (tertiary/aromatic N) is 4. The van der Waals surface area contributed by atoms with Crippen LogP contribution in [0.3, 0.4) is 0 Å². The number of aromatic nitrogens is 3. The number of methoxy groups -OCH3 is 1. The number of hydrogen-bond donors (Lipinski definition) is 0. The molecule has 0 aliphatic carbocycles. The molecule has 0 spiro atoms. The van der Waals surface area contributed by atoms with Crippen molar-refractivity contribution in [1.82, 2.24) is 14.5 Å². The number of fused-ring (bicyclic) bond motifs is 2. The Morgan fingerprint density at radius 2 is 1.98 bits per heavy atom. The second-order valence-electron chi connectivity index (χ2n) is 10.1. The molecular weight excluding hydrogens is 519 g/mol. The van der Waals surface area contributed by atoms with Crippen LogP contribution in [-0.4, -0.2) is 34.9 Å². The number of ether oxygens (including phenoxy) is 3. The lowest BCUT2D eigenvalue weighted by Gasteiger charge is -2.27. The molecule has 1 aliphatic rings. The van der Waals surface area contributed by atoms with Gasteiger partial charge in [-0.05, 0) is 60.4 Å². The largest absolute Gasteiger partial charge is 0.473 e. The molecule has 1 atom stereocenters. The molecule has 0 amide bonds. The van der Waals surface area contributed by atoms with Gasteiger partial charge in [-0.3, -0.25) is 0 Å². The van der Waals surface area contributed by atoms with Gasteiger partial charge >= 0.3 is 0 Å². The van der Waals surface area contributed by atoms with E-state index in [1.54, 1.807) is 25.3 Å². The van der Waals surface area contributed by atoms with Crippen molar-refractivity contribution in [2.24, 2.45) is 0 Å². The highest BCUT2D eigenvalue weighted by Crippen LogP contribution is 2.36. The number of halogens is 1. The maximum absolute atomic E-state index is 14.3. The lowest BCUT2D eigenvalue weighted by Crippen LogP contribution is -2.21. The van der Waals surface area contributed by atoms with Crippen LogP contribution in [0.25, 0.3) is 27.1 Å². The number of hydrogen-bond acceptors (Lipinski definition) is 5. The maximum atomic E-state index is 14.3. The van der Waals surface area contributed by atoms with E-state index in [0.717, 1.165) is 40.1 Å². The van der Waals surface area contributed by atoms with E-state index in [2.05, 4.69) is 51.7 Å². The first kappa shape index (κ1) is 26.6. The summed E-state index contributed by atoms with van der Waals surface area (Å²) in [6, 6.07) is 22.5. The third kappa shape index (κ3) is 5.42. The fraction of sp³-hybridized carbons (Fsp3) is 0.242. The fourth-order valence-corrected chi connectivity index (χ4v) is 5.23. The standard InChI is InChI=1S/C33H29FN4O3/c1-21-7-12-29-30(17-21)38(14-16-39-3)33(37-29)32-26-11-9-23(18-22(26)13-15-40-32)28-5-4-6-31(36-28)41-20-24-8-10-25(35-2)19-27(24)34/h4-12,17-19,32H,13-16,20H2,1,3H3. The van der Waals surface area contributed by atoms with Crippen LogP contribution in [0, 0.1) is 19.3 Å². The fourth-order valence-electron chi connectivity index (χ4n) is 5.23. The van der Waals surface area contributed by atoms with Gasteiger partial charge in [-0.25, -0.2) is 19.2 Å². The molecule has 41 heavy (non-hydrogen) atoms. The first-order valence-corrected chi connectivity index (χ1v) is 13.5. The first-order chi connectivity index (χ1) is 20.0. The van der Waals surface area contributed by atoms with E-state index in [0.29, 0.717) is 31.2 Å². The van der Waals surface area contributed by atoms with Crippen molar-refractivity contribution < 1.29 is 18.6 Å². The second kappa shape index (κ2) is 11.5. The molecule has 3 heterocycles. The Balaban J connectivity index is 1.27. The zero-order valence-electron chi connectivity index (χ0n) is 22.9. The SMILES string of the molecule is [C-]#[N+]c1ccc(COc2cccc(-c3ccc4c(c3)CCOC4c3nc4ccc(C)cc4n3CCOC)n2)c(F)c1. The van der Waals surface area contributed by atoms with Crippen LogP contribution in [0.5, 0.6) is 5.88 Å². The molecule has 5 aromatic rings. The zero-order valence-corrected chi connectivity index (χ0v) is 22.9. The second-order valence-corrected chi connectivity index (χ2v) is 10.1. The minimum absolute atomic E-state index is 0.0212. The molecule has 0 bridgehead atoms. The Morgan fingerprint density at radius 1 is 1.07 bits per heavy atom. The smallest absolute Gasteiger partial charge is 0.214 e. The van der Waals surface area contributed by atoms with Gasteiger partial charge in [0.25, 0.3) is 0 Å². The average molecular weight is 549 g/mol. The molecular formula is C33H29FN4O3. The molecule has 8 heteroatoms. The lowest BCUT2D eigenvalue weighted by atomic mass is 9.94. The molecule has 1 aliphatic heterocycles. The lowest BCUT2D eigenvalue weighted by molar-refractivity contribution is 0.0609. The number of pyridine rings is 1. The summed E-state index contributed by atoms with van der Waals surface area (Å²) in [6.07, 6.45) is 0.497. The maximum Gasteiger partial charge on any atom is 0.214 e. The summed E-state index contributed by atoms with van der Waals surface area (Å²) in [7, 11) is 1.71. The van der Waals surface area contributed by atoms with Crippen molar-refractivity contribution in [3.63, 3.8) is 0 Å². The van der Waals surface area contributed by atoms with Crippen LogP contribution in [0.2, 0.25) is 0 Å². The van der Waals surface area contributed by atoms with Crippen molar-refractivity contribution in [3.05, 3.63) is 118 Å². The average Bonchev–Trinajstić information content (AvgIpc) is 3.36. The summed E-state index contributed by atoms with van der Waals surface area (Å²) in [5.41, 5.74) is 7.84. The van der Waals surface area contributed by atoms with Gasteiger partial charge in [0.15, 0.2) is 5.69 Å². The molecule has 0 fully saturated rings. The van der Waals surface area contributed by atoms with Gasteiger partial charge in [0.1, 0.15) is 24.4 Å². The third-order valence-corrected chi connectivity index (χ3v) is 7.33. The van der Waals surface area contributed by atoms with Crippen molar-refractivity contribution >= 4 is 16.7 Å². The number of imidazole rings is 1. The minimum atomic E-state index is -0.466. The molecule has 2 aromatic heterocycles. The van der Waals surface area contributed by atoms with Crippen molar-refractivity contribution in [1.29, 1.82) is 0 Å². The Morgan fingerprint density at radius 3 is 2.80 bits per heavy atom. The van der Waals surface area contributed by atoms with Gasteiger partial charge in [0.05, 0.1) is 36.5 Å². The molecule has 6 rings (SSSR count). The van der Waals surface area contributed by atoms with Crippen molar-refractivity contribution in [3.8, 4) is 17.1 Å². The summed E-state index contributed by atoms with van der Waals surface area (Å²) < 4.78 is 34.0. The molecule has 3 aromatic carbocycles. The van der Waals surface area contributed by atoms with E-state index in [1.807, 2.05) is 18.2 Å². The number of rotatable bonds is 8. The summed E-state index contributed by atoms with van der Waals surface area (Å²) >= 11 is 0. The molecule has 0 radical (unpaired) electrons. The van der Waals surface area contributed by atoms with Crippen LogP contribution in [-0.2, 0) is 29.0 Å². The van der Waals surface area contributed by atoms with Gasteiger partial charge in [0, 0.05) is 30.8 Å². The summed E-state index contributed by atoms with van der Waals surface area (Å²) in [4.78, 5) is 12.9. The molecule has 0 N–H and O–H groups in total. The van der Waals surface area contributed by atoms with Crippen LogP contribution >= 0.6 is 0 Å². The Kier molecular flexibility index (Phi) is 7.47. The molecule has 1 unspecified atom stereocenters. The highest BCUT2D eigenvalue weighted by Gasteiger charge is 2.28. The van der Waals surface area contributed by atoms with E-state index in [4.69, 9.17) is 25.8 Å². The van der Waals surface area contributed by atoms with E-state index < -0.39 is 5.82 Å². The van der Waals surface area contributed by atoms with Crippen LogP contribution in [0.4, 0.5) is 10.1 Å². The number of benzene rings is 3. The predicted molar refractivity (Wildman–Crippen MR) is 155 cm³/mol. The zero-order chi connectivity index (χ0) is 28.3. The quantitative estimate of drug-likeness (QED) is 0.196. The van der Waals surface area contributed by atoms with Crippen molar-refractivity contribution in [2.45, 2.75) is 32.6 Å². The van der Waals surface area contributed by atoms with Crippen LogP contribution in [0.15, 0.2) is 72.8 Å². The highest BCUT2D eigenvalue weighted by molar-refractivity contribution is 5.77. The van der Waals surface area contributed by atoms with Gasteiger partial charge < -0.3 is 18.8 Å². The van der Waals surface area contributed by atoms with Gasteiger partial charge in [0.2, 0.25) is 5.88 Å². The third-order valence-electron chi connectivity index (χ3n) is 7.33. The van der Waals surface area contributed by atoms with Crippen LogP contribution < -0.4 is 4.74 Å². The van der Waals surface area contributed by atoms with E-state index in [1.165, 1.54) is 17.2 Å². The minimum Gasteiger partial charge on any atom is -0.473 e. The molecule has 0 saturated carbocycles. The normalized spacial score (nSPS) is 14.5. The number of aryl methyl sites for hydroxylation is 1. The molecule has 206 valence electrons. The monoisotopic (exact) mass is 548 g/mol. The topological polar surface area (TPSA) is 62.8 Å². The predicted octanol–water partition coefficient (Wildman–Crippen LogP) is 6.98. The van der Waals surface area contributed by atoms with Crippen molar-refractivity contribution in [2.75, 3.05) is 20.3 Å². The first-order valence-electron chi connectivity index (χ1n) is 13.5. The molecule has 0 saturated heterocycles. The van der Waals surface area contributed by atoms with E-state index >= 15 is 0 Å². The summed E-state index contributed by atoms with van der Waals surface area (Å²) in [5.74, 6) is 0.811. The summed E-state index contributed by atoms with van der Waals surface area (Å²) in [5, 5.41) is 0. The van der Waals surface area contributed by atoms with Gasteiger partial charge in [-0.15, -0.1) is 0 Å². The van der Waals surface area contributed by atoms with Gasteiger partial charge in [-0.2, -0.15) is 0 Å². The van der Waals surface area contributed by atoms with Gasteiger partial charge in [-0.1, -0.05) is 36.4 Å². The molecule has 7 nitrogen and oxygen atoms in total. The van der Waals surface area contributed by atoms with E-state index in [9.17, 15) is 4.39 Å². The van der Waals surface area contributed by atoms with Crippen LogP contribution in [0.1, 0.15) is 34.2 Å². The Labute approximate surface area is 238 Å². The highest BCUT2D eigenvalue weighted by atomic mass is 19.1. The van der Waals surface area contributed by atoms with E-state index in [-0.39, 0.29) is 18.4 Å². The summed E-state index contributed by atoms with van der Waals surface area (Å²) in [6.45, 7) is 11.0. The Hall–Kier alpha value is -4.58.